The Balaban J connectivity index is 2.86. The smallest absolute Gasteiger partial charge is 0.337 e. The van der Waals surface area contributed by atoms with Crippen molar-refractivity contribution in [2.45, 2.75) is 12.5 Å². The molecule has 1 atom stereocenters. The number of aromatic carboxylic acids is 1. The highest BCUT2D eigenvalue weighted by Gasteiger charge is 2.17. The number of methoxy groups -OCH3 is 2. The summed E-state index contributed by atoms with van der Waals surface area (Å²) < 4.78 is 9.78. The summed E-state index contributed by atoms with van der Waals surface area (Å²) in [6.45, 7) is 0.350. The van der Waals surface area contributed by atoms with Crippen LogP contribution < -0.4 is 15.8 Å². The molecule has 0 heterocycles. The average molecular weight is 282 g/mol. The first-order chi connectivity index (χ1) is 9.49. The summed E-state index contributed by atoms with van der Waals surface area (Å²) in [5.41, 5.74) is 5.79. The molecule has 0 bridgehead atoms. The summed E-state index contributed by atoms with van der Waals surface area (Å²) in [5, 5.41) is 11.6. The van der Waals surface area contributed by atoms with Crippen molar-refractivity contribution >= 4 is 17.6 Å². The summed E-state index contributed by atoms with van der Waals surface area (Å²) in [7, 11) is 2.94. The van der Waals surface area contributed by atoms with Crippen LogP contribution in [0, 0.1) is 0 Å². The Kier molecular flexibility index (Phi) is 5.95. The third kappa shape index (κ3) is 4.22. The molecule has 0 spiro atoms. The number of carboxylic acids is 1. The van der Waals surface area contributed by atoms with Gasteiger partial charge in [0, 0.05) is 13.7 Å². The highest BCUT2D eigenvalue weighted by Crippen LogP contribution is 2.22. The van der Waals surface area contributed by atoms with Crippen LogP contribution in [-0.4, -0.2) is 43.9 Å². The molecule has 20 heavy (non-hydrogen) atoms. The quantitative estimate of drug-likeness (QED) is 0.678. The van der Waals surface area contributed by atoms with E-state index in [4.69, 9.17) is 20.3 Å². The van der Waals surface area contributed by atoms with Crippen molar-refractivity contribution in [3.05, 3.63) is 23.8 Å². The van der Waals surface area contributed by atoms with E-state index in [1.165, 1.54) is 26.4 Å². The van der Waals surface area contributed by atoms with Crippen LogP contribution >= 0.6 is 0 Å². The number of amides is 1. The second kappa shape index (κ2) is 7.46. The van der Waals surface area contributed by atoms with Gasteiger partial charge >= 0.3 is 5.97 Å². The molecule has 0 saturated carbocycles. The van der Waals surface area contributed by atoms with Crippen LogP contribution in [-0.2, 0) is 9.53 Å². The molecule has 110 valence electrons. The van der Waals surface area contributed by atoms with E-state index >= 15 is 0 Å². The lowest BCUT2D eigenvalue weighted by atomic mass is 10.1. The predicted molar refractivity (Wildman–Crippen MR) is 73.1 cm³/mol. The van der Waals surface area contributed by atoms with Crippen LogP contribution in [0.25, 0.3) is 0 Å². The Morgan fingerprint density at radius 1 is 1.40 bits per heavy atom. The molecule has 1 amide bonds. The lowest BCUT2D eigenvalue weighted by molar-refractivity contribution is -0.117. The number of benzene rings is 1. The van der Waals surface area contributed by atoms with Crippen molar-refractivity contribution in [1.82, 2.24) is 0 Å². The number of carboxylic acid groups (broad SMARTS) is 1. The molecule has 7 nitrogen and oxygen atoms in total. The topological polar surface area (TPSA) is 111 Å². The van der Waals surface area contributed by atoms with Gasteiger partial charge in [-0.3, -0.25) is 4.79 Å². The minimum Gasteiger partial charge on any atom is -0.497 e. The first kappa shape index (κ1) is 15.9. The number of hydrogen-bond donors (Lipinski definition) is 3. The molecular formula is C13H18N2O5. The molecule has 0 aliphatic carbocycles. The Hall–Kier alpha value is -2.12. The summed E-state index contributed by atoms with van der Waals surface area (Å²) in [5.74, 6) is -1.23. The molecule has 0 radical (unpaired) electrons. The predicted octanol–water partition coefficient (Wildman–Crippen LogP) is 0.696. The van der Waals surface area contributed by atoms with Gasteiger partial charge in [-0.15, -0.1) is 0 Å². The van der Waals surface area contributed by atoms with Gasteiger partial charge in [-0.25, -0.2) is 4.79 Å². The van der Waals surface area contributed by atoms with E-state index in [0.29, 0.717) is 18.8 Å². The number of nitrogens with two attached hydrogens (primary N) is 1. The van der Waals surface area contributed by atoms with Gasteiger partial charge in [0.05, 0.1) is 24.4 Å². The molecular weight excluding hydrogens is 264 g/mol. The van der Waals surface area contributed by atoms with Crippen LogP contribution in [0.1, 0.15) is 16.8 Å². The van der Waals surface area contributed by atoms with E-state index in [0.717, 1.165) is 0 Å². The van der Waals surface area contributed by atoms with Crippen molar-refractivity contribution in [2.24, 2.45) is 5.73 Å². The molecule has 0 fully saturated rings. The number of anilines is 1. The number of ether oxygens (including phenoxy) is 2. The third-order valence-electron chi connectivity index (χ3n) is 2.68. The molecule has 0 aromatic heterocycles. The number of rotatable bonds is 7. The summed E-state index contributed by atoms with van der Waals surface area (Å²) in [6.07, 6.45) is 0.348. The van der Waals surface area contributed by atoms with E-state index in [9.17, 15) is 9.59 Å². The van der Waals surface area contributed by atoms with E-state index in [1.807, 2.05) is 0 Å². The monoisotopic (exact) mass is 282 g/mol. The van der Waals surface area contributed by atoms with E-state index in [2.05, 4.69) is 5.32 Å². The SMILES string of the molecule is COCCC(N)C(=O)Nc1ccc(OC)cc1C(=O)O. The second-order valence-corrected chi connectivity index (χ2v) is 4.09. The van der Waals surface area contributed by atoms with E-state index in [1.54, 1.807) is 6.07 Å². The van der Waals surface area contributed by atoms with Gasteiger partial charge in [0.15, 0.2) is 0 Å². The molecule has 1 aromatic rings. The van der Waals surface area contributed by atoms with Crippen molar-refractivity contribution in [3.63, 3.8) is 0 Å². The van der Waals surface area contributed by atoms with Crippen LogP contribution in [0.5, 0.6) is 5.75 Å². The molecule has 0 aliphatic rings. The largest absolute Gasteiger partial charge is 0.497 e. The van der Waals surface area contributed by atoms with Crippen molar-refractivity contribution in [3.8, 4) is 5.75 Å². The molecule has 0 saturated heterocycles. The van der Waals surface area contributed by atoms with Crippen LogP contribution in [0.15, 0.2) is 18.2 Å². The second-order valence-electron chi connectivity index (χ2n) is 4.09. The minimum absolute atomic E-state index is 0.0587. The van der Waals surface area contributed by atoms with Crippen LogP contribution in [0.2, 0.25) is 0 Å². The fraction of sp³-hybridized carbons (Fsp3) is 0.385. The Bertz CT molecular complexity index is 490. The molecule has 1 unspecified atom stereocenters. The van der Waals surface area contributed by atoms with Gasteiger partial charge in [-0.1, -0.05) is 0 Å². The van der Waals surface area contributed by atoms with E-state index < -0.39 is 17.9 Å². The highest BCUT2D eigenvalue weighted by atomic mass is 16.5. The number of hydrogen-bond acceptors (Lipinski definition) is 5. The average Bonchev–Trinajstić information content (AvgIpc) is 2.44. The maximum absolute atomic E-state index is 11.8. The molecule has 1 aromatic carbocycles. The van der Waals surface area contributed by atoms with Crippen LogP contribution in [0.4, 0.5) is 5.69 Å². The first-order valence-corrected chi connectivity index (χ1v) is 5.96. The van der Waals surface area contributed by atoms with E-state index in [-0.39, 0.29) is 11.3 Å². The lowest BCUT2D eigenvalue weighted by Crippen LogP contribution is -2.36. The number of carbonyl (C=O) groups is 2. The summed E-state index contributed by atoms with van der Waals surface area (Å²) in [4.78, 5) is 23.0. The maximum atomic E-state index is 11.8. The molecule has 0 aliphatic heterocycles. The number of nitrogens with one attached hydrogen (secondary N) is 1. The maximum Gasteiger partial charge on any atom is 0.337 e. The van der Waals surface area contributed by atoms with Gasteiger partial charge in [0.25, 0.3) is 0 Å². The number of carbonyl (C=O) groups excluding carboxylic acids is 1. The van der Waals surface area contributed by atoms with Gasteiger partial charge in [0.2, 0.25) is 5.91 Å². The fourth-order valence-corrected chi connectivity index (χ4v) is 1.54. The zero-order valence-corrected chi connectivity index (χ0v) is 11.4. The fourth-order valence-electron chi connectivity index (χ4n) is 1.54. The zero-order valence-electron chi connectivity index (χ0n) is 11.4. The third-order valence-corrected chi connectivity index (χ3v) is 2.68. The highest BCUT2D eigenvalue weighted by molar-refractivity contribution is 6.02. The van der Waals surface area contributed by atoms with Crippen molar-refractivity contribution < 1.29 is 24.2 Å². The molecule has 4 N–H and O–H groups in total. The van der Waals surface area contributed by atoms with Crippen molar-refractivity contribution in [2.75, 3.05) is 26.1 Å². The van der Waals surface area contributed by atoms with Gasteiger partial charge < -0.3 is 25.6 Å². The van der Waals surface area contributed by atoms with Gasteiger partial charge in [0.1, 0.15) is 5.75 Å². The molecule has 7 heteroatoms. The minimum atomic E-state index is -1.16. The lowest BCUT2D eigenvalue weighted by Gasteiger charge is -2.14. The Morgan fingerprint density at radius 3 is 2.65 bits per heavy atom. The molecule has 1 rings (SSSR count). The normalized spacial score (nSPS) is 11.8. The first-order valence-electron chi connectivity index (χ1n) is 5.96. The Labute approximate surface area is 116 Å². The van der Waals surface area contributed by atoms with Crippen LogP contribution in [0.3, 0.4) is 0 Å². The zero-order chi connectivity index (χ0) is 15.1. The van der Waals surface area contributed by atoms with Crippen molar-refractivity contribution in [1.29, 1.82) is 0 Å². The van der Waals surface area contributed by atoms with Gasteiger partial charge in [-0.2, -0.15) is 0 Å². The summed E-state index contributed by atoms with van der Waals surface area (Å²) >= 11 is 0. The Morgan fingerprint density at radius 2 is 2.10 bits per heavy atom. The summed E-state index contributed by atoms with van der Waals surface area (Å²) in [6, 6.07) is 3.59. The van der Waals surface area contributed by atoms with Gasteiger partial charge in [-0.05, 0) is 24.6 Å². The standard InChI is InChI=1S/C13H18N2O5/c1-19-6-5-10(14)12(16)15-11-4-3-8(20-2)7-9(11)13(17)18/h3-4,7,10H,5-6,14H2,1-2H3,(H,15,16)(H,17,18).